The molecule has 0 saturated carbocycles. The van der Waals surface area contributed by atoms with Crippen molar-refractivity contribution in [3.63, 3.8) is 0 Å². The Morgan fingerprint density at radius 2 is 2.08 bits per heavy atom. The Morgan fingerprint density at radius 1 is 1.31 bits per heavy atom. The summed E-state index contributed by atoms with van der Waals surface area (Å²) in [7, 11) is 0. The van der Waals surface area contributed by atoms with Gasteiger partial charge in [0.1, 0.15) is 5.54 Å². The van der Waals surface area contributed by atoms with Crippen molar-refractivity contribution >= 4 is 38.5 Å². The van der Waals surface area contributed by atoms with Gasteiger partial charge >= 0.3 is 0 Å². The van der Waals surface area contributed by atoms with Crippen LogP contribution in [-0.4, -0.2) is 51.8 Å². The van der Waals surface area contributed by atoms with E-state index >= 15 is 0 Å². The van der Waals surface area contributed by atoms with Crippen molar-refractivity contribution < 1.29 is 9.59 Å². The molecule has 4 rings (SSSR count). The number of nitrogens with two attached hydrogens (primary N) is 1. The molecule has 2 N–H and O–H groups in total. The van der Waals surface area contributed by atoms with Crippen LogP contribution in [0.2, 0.25) is 0 Å². The molecule has 2 saturated heterocycles. The molecule has 138 valence electrons. The van der Waals surface area contributed by atoms with Crippen molar-refractivity contribution in [2.45, 2.75) is 44.6 Å². The summed E-state index contributed by atoms with van der Waals surface area (Å²) in [6, 6.07) is 5.52. The molecule has 1 atom stereocenters. The van der Waals surface area contributed by atoms with Crippen molar-refractivity contribution in [2.75, 3.05) is 25.4 Å². The third-order valence-corrected chi connectivity index (χ3v) is 6.45. The van der Waals surface area contributed by atoms with Gasteiger partial charge in [-0.3, -0.25) is 9.59 Å². The van der Waals surface area contributed by atoms with Crippen LogP contribution in [0.4, 0.5) is 5.13 Å². The highest BCUT2D eigenvalue weighted by atomic mass is 32.1. The van der Waals surface area contributed by atoms with Crippen molar-refractivity contribution in [1.82, 2.24) is 14.8 Å². The summed E-state index contributed by atoms with van der Waals surface area (Å²) in [6.45, 7) is 4.30. The van der Waals surface area contributed by atoms with E-state index in [1.165, 1.54) is 11.3 Å². The van der Waals surface area contributed by atoms with E-state index in [0.29, 0.717) is 17.2 Å². The first-order valence-corrected chi connectivity index (χ1v) is 10.1. The Kier molecular flexibility index (Phi) is 4.34. The smallest absolute Gasteiger partial charge is 0.254 e. The van der Waals surface area contributed by atoms with E-state index < -0.39 is 5.54 Å². The van der Waals surface area contributed by atoms with Gasteiger partial charge in [0.25, 0.3) is 5.91 Å². The van der Waals surface area contributed by atoms with Crippen molar-refractivity contribution in [3.8, 4) is 0 Å². The van der Waals surface area contributed by atoms with Gasteiger partial charge in [-0.15, -0.1) is 0 Å². The van der Waals surface area contributed by atoms with E-state index in [-0.39, 0.29) is 11.8 Å². The summed E-state index contributed by atoms with van der Waals surface area (Å²) >= 11 is 1.41. The highest BCUT2D eigenvalue weighted by Gasteiger charge is 2.52. The number of carbonyl (C=O) groups is 2. The number of carbonyl (C=O) groups excluding carboxylic acids is 2. The summed E-state index contributed by atoms with van der Waals surface area (Å²) in [6.07, 6.45) is 4.31. The number of anilines is 1. The average Bonchev–Trinajstić information content (AvgIpc) is 3.21. The van der Waals surface area contributed by atoms with E-state index in [9.17, 15) is 9.59 Å². The number of benzene rings is 1. The first-order valence-electron chi connectivity index (χ1n) is 9.32. The van der Waals surface area contributed by atoms with E-state index in [1.54, 1.807) is 6.07 Å². The lowest BCUT2D eigenvalue weighted by Gasteiger charge is -2.44. The molecule has 0 radical (unpaired) electrons. The molecule has 1 aromatic carbocycles. The second kappa shape index (κ2) is 6.54. The van der Waals surface area contributed by atoms with Crippen LogP contribution < -0.4 is 5.73 Å². The number of hydrogen-bond acceptors (Lipinski definition) is 5. The molecule has 6 nitrogen and oxygen atoms in total. The molecule has 1 spiro atoms. The number of hydrogen-bond donors (Lipinski definition) is 1. The van der Waals surface area contributed by atoms with Gasteiger partial charge in [0.15, 0.2) is 5.13 Å². The zero-order valence-corrected chi connectivity index (χ0v) is 15.8. The monoisotopic (exact) mass is 372 g/mol. The fraction of sp³-hybridized carbons (Fsp3) is 0.526. The van der Waals surface area contributed by atoms with E-state index in [2.05, 4.69) is 11.9 Å². The summed E-state index contributed by atoms with van der Waals surface area (Å²) < 4.78 is 0.970. The minimum atomic E-state index is -0.652. The maximum Gasteiger partial charge on any atom is 0.254 e. The van der Waals surface area contributed by atoms with Crippen molar-refractivity contribution in [1.29, 1.82) is 0 Å². The van der Waals surface area contributed by atoms with E-state index in [4.69, 9.17) is 5.73 Å². The molecule has 1 aromatic heterocycles. The molecule has 1 unspecified atom stereocenters. The zero-order valence-electron chi connectivity index (χ0n) is 15.0. The average molecular weight is 372 g/mol. The number of amides is 2. The molecular formula is C19H24N4O2S. The third kappa shape index (κ3) is 2.65. The maximum atomic E-state index is 13.3. The van der Waals surface area contributed by atoms with Gasteiger partial charge < -0.3 is 15.5 Å². The second-order valence-corrected chi connectivity index (χ2v) is 8.28. The predicted octanol–water partition coefficient (Wildman–Crippen LogP) is 2.89. The quantitative estimate of drug-likeness (QED) is 0.898. The largest absolute Gasteiger partial charge is 0.375 e. The lowest BCUT2D eigenvalue weighted by atomic mass is 9.85. The fourth-order valence-corrected chi connectivity index (χ4v) is 5.15. The minimum absolute atomic E-state index is 0.0670. The van der Waals surface area contributed by atoms with Crippen LogP contribution >= 0.6 is 11.3 Å². The molecule has 2 aliphatic rings. The Labute approximate surface area is 157 Å². The number of fused-ring (bicyclic) bond motifs is 1. The van der Waals surface area contributed by atoms with Crippen LogP contribution in [0.3, 0.4) is 0 Å². The zero-order chi connectivity index (χ0) is 18.3. The first kappa shape index (κ1) is 17.3. The molecule has 2 aromatic rings. The normalized spacial score (nSPS) is 23.3. The molecule has 7 heteroatoms. The number of nitrogen functional groups attached to an aromatic ring is 1. The summed E-state index contributed by atoms with van der Waals surface area (Å²) in [5.74, 6) is 0.0677. The Bertz CT molecular complexity index is 862. The van der Waals surface area contributed by atoms with E-state index in [1.807, 2.05) is 21.9 Å². The lowest BCUT2D eigenvalue weighted by Crippen LogP contribution is -2.61. The van der Waals surface area contributed by atoms with Crippen molar-refractivity contribution in [2.24, 2.45) is 0 Å². The number of rotatable bonds is 3. The van der Waals surface area contributed by atoms with Gasteiger partial charge in [0, 0.05) is 25.2 Å². The van der Waals surface area contributed by atoms with Crippen molar-refractivity contribution in [3.05, 3.63) is 23.8 Å². The van der Waals surface area contributed by atoms with Crippen LogP contribution in [0.15, 0.2) is 18.2 Å². The number of likely N-dealkylation sites (tertiary alicyclic amines) is 2. The standard InChI is InChI=1S/C19H24N4O2S/c1-2-9-22-10-3-7-19(17(22)25)8-4-11-23(19)16(24)13-5-6-15-14(12-13)21-18(20)26-15/h5-6,12H,2-4,7-11H2,1H3,(H2,20,21). The number of aromatic nitrogens is 1. The molecule has 2 fully saturated rings. The van der Waals surface area contributed by atoms with Crippen LogP contribution in [0.25, 0.3) is 10.2 Å². The van der Waals surface area contributed by atoms with Gasteiger partial charge in [0.05, 0.1) is 10.2 Å². The Morgan fingerprint density at radius 3 is 2.85 bits per heavy atom. The molecule has 26 heavy (non-hydrogen) atoms. The molecular weight excluding hydrogens is 348 g/mol. The van der Waals surface area contributed by atoms with Gasteiger partial charge in [0.2, 0.25) is 5.91 Å². The van der Waals surface area contributed by atoms with Gasteiger partial charge in [-0.25, -0.2) is 4.98 Å². The Balaban J connectivity index is 1.66. The van der Waals surface area contributed by atoms with Crippen LogP contribution in [-0.2, 0) is 4.79 Å². The minimum Gasteiger partial charge on any atom is -0.375 e. The number of thiazole rings is 1. The highest BCUT2D eigenvalue weighted by Crippen LogP contribution is 2.39. The summed E-state index contributed by atoms with van der Waals surface area (Å²) in [4.78, 5) is 34.5. The maximum absolute atomic E-state index is 13.3. The highest BCUT2D eigenvalue weighted by molar-refractivity contribution is 7.22. The molecule has 0 aliphatic carbocycles. The SMILES string of the molecule is CCCN1CCCC2(CCCN2C(=O)c2ccc3sc(N)nc3c2)C1=O. The first-order chi connectivity index (χ1) is 12.5. The molecule has 0 bridgehead atoms. The van der Waals surface area contributed by atoms with E-state index in [0.717, 1.165) is 55.4 Å². The second-order valence-electron chi connectivity index (χ2n) is 7.22. The molecule has 3 heterocycles. The third-order valence-electron chi connectivity index (χ3n) is 5.58. The molecule has 2 aliphatic heterocycles. The Hall–Kier alpha value is -2.15. The van der Waals surface area contributed by atoms with Gasteiger partial charge in [-0.2, -0.15) is 0 Å². The van der Waals surface area contributed by atoms with Crippen LogP contribution in [0.1, 0.15) is 49.4 Å². The van der Waals surface area contributed by atoms with Gasteiger partial charge in [-0.1, -0.05) is 18.3 Å². The summed E-state index contributed by atoms with van der Waals surface area (Å²) in [5.41, 5.74) is 6.45. The predicted molar refractivity (Wildman–Crippen MR) is 103 cm³/mol. The van der Waals surface area contributed by atoms with Gasteiger partial charge in [-0.05, 0) is 50.3 Å². The fourth-order valence-electron chi connectivity index (χ4n) is 4.44. The van der Waals surface area contributed by atoms with Crippen LogP contribution in [0.5, 0.6) is 0 Å². The topological polar surface area (TPSA) is 79.5 Å². The lowest BCUT2D eigenvalue weighted by molar-refractivity contribution is -0.145. The molecule has 2 amide bonds. The van der Waals surface area contributed by atoms with Crippen LogP contribution in [0, 0.1) is 0 Å². The summed E-state index contributed by atoms with van der Waals surface area (Å²) in [5, 5.41) is 0.500. The number of piperidine rings is 1. The number of nitrogens with zero attached hydrogens (tertiary/aromatic N) is 3.